The van der Waals surface area contributed by atoms with E-state index in [2.05, 4.69) is 42.0 Å². The first-order chi connectivity index (χ1) is 27.3. The van der Waals surface area contributed by atoms with Gasteiger partial charge in [0, 0.05) is 16.9 Å². The van der Waals surface area contributed by atoms with Crippen molar-refractivity contribution in [2.45, 2.75) is 61.2 Å². The molecule has 21 heteroatoms. The molecule has 3 atom stereocenters. The molecule has 0 saturated carbocycles. The average molecular weight is 852 g/mol. The number of esters is 1. The summed E-state index contributed by atoms with van der Waals surface area (Å²) in [5.74, 6) is -1.47. The van der Waals surface area contributed by atoms with Crippen molar-refractivity contribution in [3.8, 4) is 0 Å². The van der Waals surface area contributed by atoms with Crippen molar-refractivity contribution in [1.29, 1.82) is 0 Å². The molecular formula is C36H37N9O8S4. The summed E-state index contributed by atoms with van der Waals surface area (Å²) in [7, 11) is 0. The summed E-state index contributed by atoms with van der Waals surface area (Å²) in [5, 5.41) is 17.5. The highest BCUT2D eigenvalue weighted by atomic mass is 32.2. The lowest BCUT2D eigenvalue weighted by atomic mass is 10.0. The predicted molar refractivity (Wildman–Crippen MR) is 214 cm³/mol. The highest BCUT2D eigenvalue weighted by molar-refractivity contribution is 8.01. The number of nitrogens with zero attached hydrogens (tertiary/aromatic N) is 4. The third-order valence-electron chi connectivity index (χ3n) is 8.06. The number of nitrogens with one attached hydrogen (secondary N) is 5. The average Bonchev–Trinajstić information content (AvgIpc) is 3.84. The Balaban J connectivity index is 1.23. The van der Waals surface area contributed by atoms with Gasteiger partial charge in [-0.15, -0.1) is 33.3 Å². The minimum atomic E-state index is -1.49. The number of aromatic nitrogens is 3. The van der Waals surface area contributed by atoms with E-state index in [1.165, 1.54) is 45.1 Å². The molecule has 0 aliphatic carbocycles. The van der Waals surface area contributed by atoms with Crippen LogP contribution in [0.4, 0.5) is 14.7 Å². The molecule has 2 unspecified atom stereocenters. The second-order valence-electron chi connectivity index (χ2n) is 13.3. The fourth-order valence-electron chi connectivity index (χ4n) is 5.64. The molecule has 6 rings (SSSR count). The third kappa shape index (κ3) is 10.3. The fourth-order valence-corrected chi connectivity index (χ4v) is 9.64. The number of urea groups is 1. The normalized spacial score (nSPS) is 16.8. The number of rotatable bonds is 13. The molecular weight excluding hydrogens is 815 g/mol. The summed E-state index contributed by atoms with van der Waals surface area (Å²) in [4.78, 5) is 83.9. The minimum Gasteiger partial charge on any atom is -0.448 e. The van der Waals surface area contributed by atoms with Crippen LogP contribution in [0.2, 0.25) is 0 Å². The number of hydrogen-bond acceptors (Lipinski definition) is 15. The zero-order valence-electron chi connectivity index (χ0n) is 30.8. The molecule has 0 radical (unpaired) electrons. The third-order valence-corrected chi connectivity index (χ3v) is 12.2. The number of β-lactam (4-membered cyclic amide) rings is 1. The number of hydrazine groups is 1. The lowest BCUT2D eigenvalue weighted by Crippen LogP contribution is -2.71. The van der Waals surface area contributed by atoms with Crippen LogP contribution >= 0.6 is 46.2 Å². The first-order valence-electron chi connectivity index (χ1n) is 17.2. The highest BCUT2D eigenvalue weighted by Gasteiger charge is 2.55. The van der Waals surface area contributed by atoms with Crippen LogP contribution in [0.25, 0.3) is 0 Å². The molecule has 1 saturated heterocycles. The van der Waals surface area contributed by atoms with Gasteiger partial charge < -0.3 is 25.4 Å². The van der Waals surface area contributed by atoms with Gasteiger partial charge in [0.2, 0.25) is 12.3 Å². The Morgan fingerprint density at radius 3 is 2.32 bits per heavy atom. The minimum absolute atomic E-state index is 0.0393. The first kappa shape index (κ1) is 41.1. The number of ether oxygens (including phenoxy) is 2. The van der Waals surface area contributed by atoms with E-state index in [1.807, 2.05) is 67.6 Å². The van der Waals surface area contributed by atoms with Gasteiger partial charge in [-0.1, -0.05) is 83.8 Å². The molecule has 2 aromatic carbocycles. The highest BCUT2D eigenvalue weighted by Crippen LogP contribution is 2.43. The van der Waals surface area contributed by atoms with Crippen LogP contribution in [0.3, 0.4) is 0 Å². The summed E-state index contributed by atoms with van der Waals surface area (Å²) >= 11 is 5.14. The summed E-state index contributed by atoms with van der Waals surface area (Å²) in [6.45, 7) is 6.77. The topological polar surface area (TPSA) is 223 Å². The van der Waals surface area contributed by atoms with Crippen molar-refractivity contribution in [1.82, 2.24) is 41.6 Å². The number of benzene rings is 2. The van der Waals surface area contributed by atoms with Gasteiger partial charge in [-0.2, -0.15) is 0 Å². The number of thiazole rings is 1. The van der Waals surface area contributed by atoms with E-state index in [4.69, 9.17) is 9.47 Å². The molecule has 0 spiro atoms. The lowest BCUT2D eigenvalue weighted by Gasteiger charge is -2.50. The zero-order chi connectivity index (χ0) is 40.7. The molecule has 5 N–H and O–H groups in total. The van der Waals surface area contributed by atoms with Crippen molar-refractivity contribution >= 4 is 87.6 Å². The van der Waals surface area contributed by atoms with Gasteiger partial charge in [0.15, 0.2) is 21.6 Å². The van der Waals surface area contributed by atoms with E-state index in [1.54, 1.807) is 20.8 Å². The van der Waals surface area contributed by atoms with Gasteiger partial charge in [-0.25, -0.2) is 30.2 Å². The van der Waals surface area contributed by atoms with E-state index < -0.39 is 59.1 Å². The van der Waals surface area contributed by atoms with Crippen LogP contribution < -0.4 is 26.8 Å². The smallest absolute Gasteiger partial charge is 0.426 e. The molecule has 0 bridgehead atoms. The lowest BCUT2D eigenvalue weighted by molar-refractivity contribution is -0.154. The second kappa shape index (κ2) is 18.2. The maximum Gasteiger partial charge on any atom is 0.426 e. The van der Waals surface area contributed by atoms with Crippen molar-refractivity contribution in [2.24, 2.45) is 0 Å². The van der Waals surface area contributed by atoms with E-state index in [9.17, 15) is 28.8 Å². The molecule has 17 nitrogen and oxygen atoms in total. The maximum absolute atomic E-state index is 14.4. The number of thioether (sulfide) groups is 2. The predicted octanol–water partition coefficient (Wildman–Crippen LogP) is 4.43. The Labute approximate surface area is 343 Å². The van der Waals surface area contributed by atoms with Crippen molar-refractivity contribution in [3.63, 3.8) is 0 Å². The second-order valence-corrected chi connectivity index (χ2v) is 17.7. The number of carbonyl (C=O) groups excluding carboxylic acids is 6. The van der Waals surface area contributed by atoms with Gasteiger partial charge in [-0.05, 0) is 44.4 Å². The van der Waals surface area contributed by atoms with E-state index in [0.717, 1.165) is 27.5 Å². The number of carbonyl (C=O) groups is 6. The molecule has 4 aromatic rings. The van der Waals surface area contributed by atoms with Crippen LogP contribution in [-0.2, 0) is 28.7 Å². The number of aryl methyl sites for hydroxylation is 1. The Morgan fingerprint density at radius 2 is 1.70 bits per heavy atom. The Hall–Kier alpha value is -5.51. The maximum atomic E-state index is 14.4. The van der Waals surface area contributed by atoms with Gasteiger partial charge in [0.05, 0.1) is 5.69 Å². The zero-order valence-corrected chi connectivity index (χ0v) is 34.1. The quantitative estimate of drug-likeness (QED) is 0.0414. The van der Waals surface area contributed by atoms with Gasteiger partial charge in [-0.3, -0.25) is 19.3 Å². The van der Waals surface area contributed by atoms with E-state index >= 15 is 0 Å². The summed E-state index contributed by atoms with van der Waals surface area (Å²) in [6.07, 6.45) is -1.33. The molecule has 1 fully saturated rings. The number of fused-ring (bicyclic) bond motifs is 1. The molecule has 2 aromatic heterocycles. The standard InChI is InChI=1S/C36H37N9O8S4/c1-19-41-44-35(57-19)56-16-22-15-54-30-25(29(48)45(30)26(22)31(49)52-27(20-11-7-5-8-12-20)21-13-9-6-10-14-21)39-28(47)24(23-17-55-33(38-23)37-18-46)40-32(50)42-43-34(51)53-36(2,3)4/h5-14,17-18,24-25,27,30H,15-16H2,1-4H3,(H,39,47)(H,43,51)(H,37,38,46)(H2,40,42,50)/t24?,25?,30-/m0/s1. The van der Waals surface area contributed by atoms with E-state index in [-0.39, 0.29) is 16.5 Å². The monoisotopic (exact) mass is 851 g/mol. The molecule has 4 heterocycles. The summed E-state index contributed by atoms with van der Waals surface area (Å²) in [5.41, 5.74) is 5.59. The van der Waals surface area contributed by atoms with Gasteiger partial charge >= 0.3 is 18.1 Å². The van der Waals surface area contributed by atoms with Crippen LogP contribution in [0.5, 0.6) is 0 Å². The summed E-state index contributed by atoms with van der Waals surface area (Å²) < 4.78 is 12.1. The Kier molecular flexibility index (Phi) is 13.1. The SMILES string of the molecule is Cc1nnc(SCC2=C(C(=O)OC(c3ccccc3)c3ccccc3)N3C(=O)C(NC(=O)C(NC(=O)NNC(=O)OC(C)(C)C)c4csc(NC=O)n4)[C@@H]3SC2)s1. The van der Waals surface area contributed by atoms with E-state index in [0.29, 0.717) is 27.8 Å². The summed E-state index contributed by atoms with van der Waals surface area (Å²) in [6, 6.07) is 14.9. The van der Waals surface area contributed by atoms with Crippen molar-refractivity contribution in [3.05, 3.63) is 99.1 Å². The van der Waals surface area contributed by atoms with Crippen LogP contribution in [0, 0.1) is 6.92 Å². The van der Waals surface area contributed by atoms with Crippen LogP contribution in [0.15, 0.2) is 81.7 Å². The molecule has 57 heavy (non-hydrogen) atoms. The van der Waals surface area contributed by atoms with Crippen LogP contribution in [-0.4, -0.2) is 84.9 Å². The Bertz CT molecular complexity index is 2120. The van der Waals surface area contributed by atoms with Crippen LogP contribution in [0.1, 0.15) is 54.7 Å². The van der Waals surface area contributed by atoms with Gasteiger partial charge in [0.1, 0.15) is 27.7 Å². The molecule has 2 aliphatic heterocycles. The van der Waals surface area contributed by atoms with Gasteiger partial charge in [0.25, 0.3) is 5.91 Å². The molecule has 298 valence electrons. The molecule has 2 aliphatic rings. The first-order valence-corrected chi connectivity index (χ1v) is 21.0. The largest absolute Gasteiger partial charge is 0.448 e. The fraction of sp³-hybridized carbons (Fsp3) is 0.306. The number of hydrogen-bond donors (Lipinski definition) is 5. The Morgan fingerprint density at radius 1 is 1.02 bits per heavy atom. The van der Waals surface area contributed by atoms with Crippen molar-refractivity contribution < 1.29 is 38.2 Å². The van der Waals surface area contributed by atoms with Crippen molar-refractivity contribution in [2.75, 3.05) is 16.8 Å². The molecule has 6 amide bonds. The number of anilines is 1. The number of amides is 6.